The van der Waals surface area contributed by atoms with Crippen LogP contribution in [-0.4, -0.2) is 42.0 Å². The summed E-state index contributed by atoms with van der Waals surface area (Å²) in [6.45, 7) is 5.79. The molecular weight excluding hydrogens is 362 g/mol. The monoisotopic (exact) mass is 385 g/mol. The van der Waals surface area contributed by atoms with Crippen molar-refractivity contribution in [2.45, 2.75) is 34.1 Å². The fraction of sp³-hybridized carbons (Fsp3) is 0.333. The normalized spacial score (nSPS) is 10.5. The molecule has 0 unspecified atom stereocenters. The van der Waals surface area contributed by atoms with Crippen LogP contribution in [0.4, 0.5) is 0 Å². The summed E-state index contributed by atoms with van der Waals surface area (Å²) in [7, 11) is 1.46. The standard InChI is InChI=1S/C21H23NO6/c1-11-20(14(4)24)12(2)22-21(11)17(25)10-28-19(26)9-16-8-15(13(3)23)6-7-18(16)27-5/h6-8,22H,9-10H2,1-5H3. The zero-order valence-electron chi connectivity index (χ0n) is 16.6. The van der Waals surface area contributed by atoms with E-state index in [1.54, 1.807) is 32.0 Å². The first-order valence-corrected chi connectivity index (χ1v) is 8.72. The van der Waals surface area contributed by atoms with E-state index < -0.39 is 18.4 Å². The van der Waals surface area contributed by atoms with Gasteiger partial charge in [0.25, 0.3) is 0 Å². The van der Waals surface area contributed by atoms with Gasteiger partial charge in [-0.1, -0.05) is 0 Å². The molecule has 28 heavy (non-hydrogen) atoms. The van der Waals surface area contributed by atoms with E-state index in [2.05, 4.69) is 4.98 Å². The van der Waals surface area contributed by atoms with E-state index in [1.165, 1.54) is 21.0 Å². The number of Topliss-reactive ketones (excluding diaryl/α,β-unsaturated/α-hetero) is 3. The number of benzene rings is 1. The van der Waals surface area contributed by atoms with Crippen LogP contribution in [0.1, 0.15) is 61.9 Å². The summed E-state index contributed by atoms with van der Waals surface area (Å²) in [6, 6.07) is 4.79. The summed E-state index contributed by atoms with van der Waals surface area (Å²) in [6.07, 6.45) is -0.140. The SMILES string of the molecule is COc1ccc(C(C)=O)cc1CC(=O)OCC(=O)c1[nH]c(C)c(C(C)=O)c1C. The molecule has 0 aliphatic rings. The highest BCUT2D eigenvalue weighted by atomic mass is 16.5. The number of H-pyrrole nitrogens is 1. The first-order valence-electron chi connectivity index (χ1n) is 8.72. The summed E-state index contributed by atoms with van der Waals surface area (Å²) in [5.74, 6) is -0.868. The third-order valence-corrected chi connectivity index (χ3v) is 4.45. The van der Waals surface area contributed by atoms with E-state index >= 15 is 0 Å². The van der Waals surface area contributed by atoms with Crippen molar-refractivity contribution in [3.05, 3.63) is 51.8 Å². The first-order chi connectivity index (χ1) is 13.1. The van der Waals surface area contributed by atoms with Crippen molar-refractivity contribution in [1.29, 1.82) is 0 Å². The van der Waals surface area contributed by atoms with E-state index in [-0.39, 0.29) is 23.7 Å². The lowest BCUT2D eigenvalue weighted by molar-refractivity contribution is -0.141. The Labute approximate surface area is 163 Å². The van der Waals surface area contributed by atoms with Gasteiger partial charge in [0.05, 0.1) is 19.2 Å². The Kier molecular flexibility index (Phi) is 6.51. The molecule has 1 aromatic heterocycles. The Morgan fingerprint density at radius 1 is 1.04 bits per heavy atom. The van der Waals surface area contributed by atoms with Gasteiger partial charge in [-0.15, -0.1) is 0 Å². The second-order valence-electron chi connectivity index (χ2n) is 6.52. The number of aromatic nitrogens is 1. The number of hydrogen-bond acceptors (Lipinski definition) is 6. The summed E-state index contributed by atoms with van der Waals surface area (Å²) in [5, 5.41) is 0. The predicted octanol–water partition coefficient (Wildman–Crippen LogP) is 3.01. The predicted molar refractivity (Wildman–Crippen MR) is 102 cm³/mol. The number of methoxy groups -OCH3 is 1. The van der Waals surface area contributed by atoms with Gasteiger partial charge in [-0.2, -0.15) is 0 Å². The lowest BCUT2D eigenvalue weighted by atomic mass is 10.0. The molecule has 0 bridgehead atoms. The number of hydrogen-bond donors (Lipinski definition) is 1. The molecule has 1 N–H and O–H groups in total. The number of esters is 1. The molecule has 2 rings (SSSR count). The fourth-order valence-electron chi connectivity index (χ4n) is 3.12. The Morgan fingerprint density at radius 3 is 2.25 bits per heavy atom. The maximum atomic E-state index is 12.4. The second-order valence-corrected chi connectivity index (χ2v) is 6.52. The molecule has 1 aromatic carbocycles. The van der Waals surface area contributed by atoms with Crippen LogP contribution in [0.5, 0.6) is 5.75 Å². The lowest BCUT2D eigenvalue weighted by Gasteiger charge is -2.10. The summed E-state index contributed by atoms with van der Waals surface area (Å²) in [5.41, 5.74) is 2.83. The highest BCUT2D eigenvalue weighted by Crippen LogP contribution is 2.22. The van der Waals surface area contributed by atoms with Crippen molar-refractivity contribution in [3.8, 4) is 5.75 Å². The van der Waals surface area contributed by atoms with Crippen molar-refractivity contribution < 1.29 is 28.7 Å². The third kappa shape index (κ3) is 4.54. The molecule has 148 valence electrons. The van der Waals surface area contributed by atoms with Crippen molar-refractivity contribution in [2.24, 2.45) is 0 Å². The minimum absolute atomic E-state index is 0.133. The van der Waals surface area contributed by atoms with Crippen molar-refractivity contribution >= 4 is 23.3 Å². The van der Waals surface area contributed by atoms with Crippen LogP contribution in [0.15, 0.2) is 18.2 Å². The van der Waals surface area contributed by atoms with Crippen LogP contribution in [-0.2, 0) is 16.0 Å². The van der Waals surface area contributed by atoms with Gasteiger partial charge in [0, 0.05) is 22.4 Å². The Bertz CT molecular complexity index is 954. The summed E-state index contributed by atoms with van der Waals surface area (Å²) in [4.78, 5) is 50.7. The van der Waals surface area contributed by atoms with Crippen molar-refractivity contribution in [3.63, 3.8) is 0 Å². The number of carbonyl (C=O) groups excluding carboxylic acids is 4. The fourth-order valence-corrected chi connectivity index (χ4v) is 3.12. The number of nitrogens with one attached hydrogen (secondary N) is 1. The minimum Gasteiger partial charge on any atom is -0.496 e. The van der Waals surface area contributed by atoms with E-state index in [9.17, 15) is 19.2 Å². The molecule has 1 heterocycles. The Morgan fingerprint density at radius 2 is 1.71 bits per heavy atom. The first kappa shape index (κ1) is 21.1. The maximum Gasteiger partial charge on any atom is 0.310 e. The topological polar surface area (TPSA) is 103 Å². The number of aryl methyl sites for hydroxylation is 1. The summed E-state index contributed by atoms with van der Waals surface area (Å²) < 4.78 is 10.3. The van der Waals surface area contributed by atoms with Gasteiger partial charge in [-0.25, -0.2) is 0 Å². The highest BCUT2D eigenvalue weighted by molar-refractivity contribution is 6.04. The maximum absolute atomic E-state index is 12.4. The van der Waals surface area contributed by atoms with Gasteiger partial charge < -0.3 is 14.5 Å². The number of ketones is 3. The molecule has 0 fully saturated rings. The number of aromatic amines is 1. The van der Waals surface area contributed by atoms with Gasteiger partial charge in [-0.05, 0) is 51.5 Å². The van der Waals surface area contributed by atoms with E-state index in [4.69, 9.17) is 9.47 Å². The highest BCUT2D eigenvalue weighted by Gasteiger charge is 2.21. The molecular formula is C21H23NO6. The Balaban J connectivity index is 2.08. The molecule has 0 saturated carbocycles. The quantitative estimate of drug-likeness (QED) is 0.553. The number of carbonyl (C=O) groups is 4. The van der Waals surface area contributed by atoms with Crippen molar-refractivity contribution in [2.75, 3.05) is 13.7 Å². The van der Waals surface area contributed by atoms with Gasteiger partial charge in [0.1, 0.15) is 5.75 Å². The average Bonchev–Trinajstić information content (AvgIpc) is 2.94. The zero-order chi connectivity index (χ0) is 21.0. The van der Waals surface area contributed by atoms with Crippen LogP contribution < -0.4 is 4.74 Å². The van der Waals surface area contributed by atoms with Crippen LogP contribution in [0.25, 0.3) is 0 Å². The zero-order valence-corrected chi connectivity index (χ0v) is 16.6. The molecule has 2 aromatic rings. The summed E-state index contributed by atoms with van der Waals surface area (Å²) >= 11 is 0. The molecule has 0 radical (unpaired) electrons. The number of rotatable bonds is 8. The second kappa shape index (κ2) is 8.65. The van der Waals surface area contributed by atoms with Crippen LogP contribution in [0, 0.1) is 13.8 Å². The van der Waals surface area contributed by atoms with Crippen LogP contribution in [0.2, 0.25) is 0 Å². The van der Waals surface area contributed by atoms with Gasteiger partial charge in [0.15, 0.2) is 18.2 Å². The van der Waals surface area contributed by atoms with Gasteiger partial charge in [0.2, 0.25) is 5.78 Å². The van der Waals surface area contributed by atoms with E-state index in [0.717, 1.165) is 0 Å². The molecule has 7 heteroatoms. The third-order valence-electron chi connectivity index (χ3n) is 4.45. The smallest absolute Gasteiger partial charge is 0.310 e. The molecule has 0 aliphatic carbocycles. The average molecular weight is 385 g/mol. The molecule has 0 aliphatic heterocycles. The van der Waals surface area contributed by atoms with Crippen LogP contribution >= 0.6 is 0 Å². The largest absolute Gasteiger partial charge is 0.496 e. The lowest BCUT2D eigenvalue weighted by Crippen LogP contribution is -2.17. The Hall–Kier alpha value is -3.22. The minimum atomic E-state index is -0.625. The molecule has 0 amide bonds. The number of ether oxygens (including phenoxy) is 2. The van der Waals surface area contributed by atoms with E-state index in [0.29, 0.717) is 33.7 Å². The molecule has 0 atom stereocenters. The van der Waals surface area contributed by atoms with Gasteiger partial charge >= 0.3 is 5.97 Å². The molecule has 0 saturated heterocycles. The molecule has 7 nitrogen and oxygen atoms in total. The van der Waals surface area contributed by atoms with E-state index in [1.807, 2.05) is 0 Å². The van der Waals surface area contributed by atoms with Crippen molar-refractivity contribution in [1.82, 2.24) is 4.98 Å². The van der Waals surface area contributed by atoms with Gasteiger partial charge in [-0.3, -0.25) is 19.2 Å². The molecule has 0 spiro atoms. The van der Waals surface area contributed by atoms with Crippen LogP contribution in [0.3, 0.4) is 0 Å².